The lowest BCUT2D eigenvalue weighted by atomic mass is 9.99. The molecule has 0 saturated carbocycles. The van der Waals surface area contributed by atoms with E-state index in [0.717, 1.165) is 18.1 Å². The molecule has 0 aromatic rings. The van der Waals surface area contributed by atoms with Gasteiger partial charge in [0, 0.05) is 0 Å². The van der Waals surface area contributed by atoms with E-state index in [1.54, 1.807) is 7.11 Å². The van der Waals surface area contributed by atoms with Crippen LogP contribution < -0.4 is 0 Å². The number of allylic oxidation sites excluding steroid dienone is 2. The molecule has 0 bridgehead atoms. The average Bonchev–Trinajstić information content (AvgIpc) is 2.06. The summed E-state index contributed by atoms with van der Waals surface area (Å²) < 4.78 is 5.05. The van der Waals surface area contributed by atoms with Crippen LogP contribution in [0.25, 0.3) is 0 Å². The smallest absolute Gasteiger partial charge is 0.0884 e. The van der Waals surface area contributed by atoms with Crippen molar-refractivity contribution >= 4 is 0 Å². The quantitative estimate of drug-likeness (QED) is 0.554. The van der Waals surface area contributed by atoms with Gasteiger partial charge in [0.25, 0.3) is 0 Å². The third-order valence-electron chi connectivity index (χ3n) is 2.22. The van der Waals surface area contributed by atoms with Gasteiger partial charge in [0.2, 0.25) is 0 Å². The molecule has 0 fully saturated rings. The van der Waals surface area contributed by atoms with Crippen LogP contribution in [-0.2, 0) is 4.74 Å². The maximum absolute atomic E-state index is 5.05. The van der Waals surface area contributed by atoms with Crippen LogP contribution in [0.5, 0.6) is 0 Å². The first-order valence-electron chi connectivity index (χ1n) is 4.45. The van der Waals surface area contributed by atoms with Crippen molar-refractivity contribution in [3.63, 3.8) is 0 Å². The van der Waals surface area contributed by atoms with Crippen LogP contribution in [0.4, 0.5) is 0 Å². The summed E-state index contributed by atoms with van der Waals surface area (Å²) in [5.74, 6) is 1.87. The first-order chi connectivity index (χ1) is 5.24. The van der Waals surface area contributed by atoms with Gasteiger partial charge < -0.3 is 4.74 Å². The monoisotopic (exact) mass is 156 g/mol. The summed E-state index contributed by atoms with van der Waals surface area (Å²) in [6.45, 7) is 6.48. The molecule has 11 heavy (non-hydrogen) atoms. The third kappa shape index (κ3) is 4.88. The molecule has 1 heteroatoms. The number of rotatable bonds is 5. The predicted octanol–water partition coefficient (Wildman–Crippen LogP) is 3.36. The van der Waals surface area contributed by atoms with Crippen molar-refractivity contribution in [1.29, 1.82) is 0 Å². The summed E-state index contributed by atoms with van der Waals surface area (Å²) in [7, 11) is 1.72. The minimum Gasteiger partial charge on any atom is -0.502 e. The molecule has 0 rings (SSSR count). The van der Waals surface area contributed by atoms with Gasteiger partial charge in [-0.1, -0.05) is 26.7 Å². The molecular formula is C10H20O. The van der Waals surface area contributed by atoms with E-state index in [1.165, 1.54) is 12.8 Å². The Balaban J connectivity index is 3.65. The molecule has 0 aliphatic carbocycles. The number of ether oxygens (including phenoxy) is 1. The lowest BCUT2D eigenvalue weighted by Crippen LogP contribution is -1.94. The van der Waals surface area contributed by atoms with Crippen LogP contribution in [-0.4, -0.2) is 7.11 Å². The zero-order valence-electron chi connectivity index (χ0n) is 8.18. The lowest BCUT2D eigenvalue weighted by Gasteiger charge is -2.08. The van der Waals surface area contributed by atoms with Gasteiger partial charge in [0.15, 0.2) is 0 Å². The summed E-state index contributed by atoms with van der Waals surface area (Å²) in [5, 5.41) is 0. The highest BCUT2D eigenvalue weighted by Gasteiger charge is 2.00. The van der Waals surface area contributed by atoms with Crippen LogP contribution in [0.2, 0.25) is 0 Å². The van der Waals surface area contributed by atoms with E-state index in [9.17, 15) is 0 Å². The molecule has 0 heterocycles. The first-order valence-corrected chi connectivity index (χ1v) is 4.45. The van der Waals surface area contributed by atoms with Crippen LogP contribution in [0.15, 0.2) is 11.8 Å². The molecule has 0 aliphatic rings. The van der Waals surface area contributed by atoms with E-state index in [1.807, 2.05) is 6.92 Å². The Hall–Kier alpha value is -0.460. The van der Waals surface area contributed by atoms with Crippen molar-refractivity contribution in [3.8, 4) is 0 Å². The van der Waals surface area contributed by atoms with Gasteiger partial charge in [-0.15, -0.1) is 0 Å². The molecule has 0 saturated heterocycles. The largest absolute Gasteiger partial charge is 0.502 e. The second-order valence-corrected chi connectivity index (χ2v) is 2.94. The minimum atomic E-state index is 0.833. The normalized spacial score (nSPS) is 12.3. The molecule has 0 atom stereocenters. The summed E-state index contributed by atoms with van der Waals surface area (Å²) >= 11 is 0. The second kappa shape index (κ2) is 6.26. The molecule has 0 unspecified atom stereocenters. The Morgan fingerprint density at radius 2 is 1.91 bits per heavy atom. The average molecular weight is 156 g/mol. The van der Waals surface area contributed by atoms with Crippen molar-refractivity contribution < 1.29 is 4.74 Å². The Bertz CT molecular complexity index is 112. The molecular weight excluding hydrogens is 136 g/mol. The van der Waals surface area contributed by atoms with Crippen molar-refractivity contribution in [1.82, 2.24) is 0 Å². The molecule has 0 aliphatic heterocycles. The van der Waals surface area contributed by atoms with E-state index in [2.05, 4.69) is 19.9 Å². The van der Waals surface area contributed by atoms with Gasteiger partial charge in [-0.05, 0) is 25.3 Å². The predicted molar refractivity (Wildman–Crippen MR) is 49.5 cm³/mol. The highest BCUT2D eigenvalue weighted by atomic mass is 16.5. The standard InChI is InChI=1S/C10H20O/c1-5-10(6-2)8-7-9(3)11-4/h7,10H,5-6,8H2,1-4H3/b9-7+. The molecule has 0 spiro atoms. The minimum absolute atomic E-state index is 0.833. The van der Waals surface area contributed by atoms with E-state index >= 15 is 0 Å². The van der Waals surface area contributed by atoms with E-state index in [4.69, 9.17) is 4.74 Å². The van der Waals surface area contributed by atoms with E-state index in [-0.39, 0.29) is 0 Å². The fourth-order valence-electron chi connectivity index (χ4n) is 1.04. The topological polar surface area (TPSA) is 9.23 Å². The zero-order valence-corrected chi connectivity index (χ0v) is 8.18. The van der Waals surface area contributed by atoms with Gasteiger partial charge in [0.1, 0.15) is 0 Å². The van der Waals surface area contributed by atoms with E-state index in [0.29, 0.717) is 0 Å². The third-order valence-corrected chi connectivity index (χ3v) is 2.22. The number of methoxy groups -OCH3 is 1. The molecule has 66 valence electrons. The van der Waals surface area contributed by atoms with Crippen LogP contribution >= 0.6 is 0 Å². The van der Waals surface area contributed by atoms with Gasteiger partial charge in [-0.2, -0.15) is 0 Å². The molecule has 0 N–H and O–H groups in total. The molecule has 0 radical (unpaired) electrons. The Labute approximate surface area is 70.4 Å². The number of hydrogen-bond acceptors (Lipinski definition) is 1. The summed E-state index contributed by atoms with van der Waals surface area (Å²) in [6.07, 6.45) is 5.87. The Morgan fingerprint density at radius 3 is 2.27 bits per heavy atom. The summed E-state index contributed by atoms with van der Waals surface area (Å²) in [4.78, 5) is 0. The van der Waals surface area contributed by atoms with Crippen molar-refractivity contribution in [2.24, 2.45) is 5.92 Å². The highest BCUT2D eigenvalue weighted by Crippen LogP contribution is 2.14. The van der Waals surface area contributed by atoms with Crippen molar-refractivity contribution in [2.75, 3.05) is 7.11 Å². The van der Waals surface area contributed by atoms with E-state index < -0.39 is 0 Å². The van der Waals surface area contributed by atoms with Gasteiger partial charge in [-0.25, -0.2) is 0 Å². The van der Waals surface area contributed by atoms with Crippen molar-refractivity contribution in [2.45, 2.75) is 40.0 Å². The van der Waals surface area contributed by atoms with Crippen LogP contribution in [0, 0.1) is 5.92 Å². The van der Waals surface area contributed by atoms with Crippen molar-refractivity contribution in [3.05, 3.63) is 11.8 Å². The highest BCUT2D eigenvalue weighted by molar-refractivity contribution is 4.89. The van der Waals surface area contributed by atoms with Gasteiger partial charge in [0.05, 0.1) is 12.9 Å². The molecule has 0 amide bonds. The Kier molecular flexibility index (Phi) is 6.00. The molecule has 0 aromatic carbocycles. The summed E-state index contributed by atoms with van der Waals surface area (Å²) in [5.41, 5.74) is 0. The maximum atomic E-state index is 5.05. The molecule has 1 nitrogen and oxygen atoms in total. The number of hydrogen-bond donors (Lipinski definition) is 0. The van der Waals surface area contributed by atoms with Gasteiger partial charge in [-0.3, -0.25) is 0 Å². The van der Waals surface area contributed by atoms with Gasteiger partial charge >= 0.3 is 0 Å². The SMILES string of the molecule is CCC(CC)C/C=C(\C)OC. The Morgan fingerprint density at radius 1 is 1.36 bits per heavy atom. The lowest BCUT2D eigenvalue weighted by molar-refractivity contribution is 0.290. The summed E-state index contributed by atoms with van der Waals surface area (Å²) in [6, 6.07) is 0. The fraction of sp³-hybridized carbons (Fsp3) is 0.800. The maximum Gasteiger partial charge on any atom is 0.0884 e. The van der Waals surface area contributed by atoms with Crippen LogP contribution in [0.3, 0.4) is 0 Å². The fourth-order valence-corrected chi connectivity index (χ4v) is 1.04. The van der Waals surface area contributed by atoms with Crippen LogP contribution in [0.1, 0.15) is 40.0 Å². The second-order valence-electron chi connectivity index (χ2n) is 2.94. The first kappa shape index (κ1) is 10.5. The zero-order chi connectivity index (χ0) is 8.69. The molecule has 0 aromatic heterocycles.